The molecule has 4 amide bonds. The minimum Gasteiger partial charge on any atom is -0.508 e. The minimum absolute atomic E-state index is 0.0916. The van der Waals surface area contributed by atoms with Gasteiger partial charge in [0.05, 0.1) is 35.7 Å². The van der Waals surface area contributed by atoms with Gasteiger partial charge in [-0.25, -0.2) is 4.79 Å². The van der Waals surface area contributed by atoms with Gasteiger partial charge in [0.1, 0.15) is 11.5 Å². The van der Waals surface area contributed by atoms with Gasteiger partial charge >= 0.3 is 5.97 Å². The van der Waals surface area contributed by atoms with Crippen LogP contribution in [0.4, 0.5) is 5.69 Å². The number of hydrogen-bond donors (Lipinski definition) is 2. The molecule has 2 aromatic rings. The fourth-order valence-electron chi connectivity index (χ4n) is 7.03. The fraction of sp³-hybridized carbons (Fsp3) is 0.345. The number of methoxy groups -OCH3 is 1. The summed E-state index contributed by atoms with van der Waals surface area (Å²) in [6.45, 7) is 0. The second-order valence-electron chi connectivity index (χ2n) is 10.8. The number of aromatic carboxylic acids is 1. The fourth-order valence-corrected chi connectivity index (χ4v) is 8.44. The molecule has 0 aromatic heterocycles. The molecule has 2 saturated heterocycles. The molecule has 3 fully saturated rings. The summed E-state index contributed by atoms with van der Waals surface area (Å²) in [4.78, 5) is 64.6. The van der Waals surface area contributed by atoms with Gasteiger partial charge in [0.2, 0.25) is 11.8 Å². The Labute approximate surface area is 257 Å². The third kappa shape index (κ3) is 3.66. The maximum absolute atomic E-state index is 14.0. The van der Waals surface area contributed by atoms with Crippen LogP contribution in [0.25, 0.3) is 0 Å². The van der Waals surface area contributed by atoms with E-state index in [1.54, 1.807) is 12.1 Å². The van der Waals surface area contributed by atoms with Crippen molar-refractivity contribution in [3.05, 3.63) is 65.2 Å². The summed E-state index contributed by atoms with van der Waals surface area (Å²) in [5, 5.41) is 20.5. The van der Waals surface area contributed by atoms with Gasteiger partial charge in [0.15, 0.2) is 9.75 Å². The molecule has 42 heavy (non-hydrogen) atoms. The highest BCUT2D eigenvalue weighted by molar-refractivity contribution is 9.09. The number of carboxylic acid groups (broad SMARTS) is 1. The number of ether oxygens (including phenoxy) is 1. The summed E-state index contributed by atoms with van der Waals surface area (Å²) >= 11 is 17.5. The Bertz CT molecular complexity index is 1630. The zero-order chi connectivity index (χ0) is 30.3. The average molecular weight is 678 g/mol. The van der Waals surface area contributed by atoms with Crippen molar-refractivity contribution in [1.29, 1.82) is 0 Å². The van der Waals surface area contributed by atoms with Crippen LogP contribution in [0.3, 0.4) is 0 Å². The number of benzene rings is 2. The Morgan fingerprint density at radius 2 is 1.81 bits per heavy atom. The summed E-state index contributed by atoms with van der Waals surface area (Å²) in [7, 11) is 1.43. The Morgan fingerprint density at radius 3 is 2.45 bits per heavy atom. The second-order valence-corrected chi connectivity index (χ2v) is 12.5. The molecule has 0 radical (unpaired) electrons. The van der Waals surface area contributed by atoms with E-state index in [4.69, 9.17) is 27.9 Å². The molecule has 10 nitrogen and oxygen atoms in total. The van der Waals surface area contributed by atoms with E-state index in [2.05, 4.69) is 15.9 Å². The summed E-state index contributed by atoms with van der Waals surface area (Å²) in [5.41, 5.74) is 0.584. The highest BCUT2D eigenvalue weighted by Gasteiger charge is 2.76. The molecular weight excluding hydrogens is 655 g/mol. The zero-order valence-corrected chi connectivity index (χ0v) is 25.0. The molecular formula is C29H23BrCl2N2O8. The lowest BCUT2D eigenvalue weighted by Gasteiger charge is -2.50. The van der Waals surface area contributed by atoms with Crippen molar-refractivity contribution in [3.8, 4) is 11.5 Å². The van der Waals surface area contributed by atoms with Crippen molar-refractivity contribution in [3.63, 3.8) is 0 Å². The van der Waals surface area contributed by atoms with Gasteiger partial charge in [-0.1, -0.05) is 39.7 Å². The first-order chi connectivity index (χ1) is 19.9. The third-order valence-electron chi connectivity index (χ3n) is 8.91. The van der Waals surface area contributed by atoms with E-state index in [-0.39, 0.29) is 40.9 Å². The number of anilines is 1. The van der Waals surface area contributed by atoms with Crippen LogP contribution < -0.4 is 9.64 Å². The number of fused-ring (bicyclic) bond motifs is 4. The highest BCUT2D eigenvalue weighted by Crippen LogP contribution is 2.66. The van der Waals surface area contributed by atoms with Gasteiger partial charge in [-0.15, -0.1) is 23.2 Å². The zero-order valence-electron chi connectivity index (χ0n) is 21.9. The number of imide groups is 2. The van der Waals surface area contributed by atoms with Crippen LogP contribution in [-0.2, 0) is 19.2 Å². The molecule has 2 heterocycles. The van der Waals surface area contributed by atoms with Crippen molar-refractivity contribution in [2.24, 2.45) is 17.8 Å². The van der Waals surface area contributed by atoms with E-state index in [1.165, 1.54) is 43.5 Å². The number of aromatic hydroxyl groups is 1. The molecule has 0 bridgehead atoms. The molecule has 13 heteroatoms. The topological polar surface area (TPSA) is 142 Å². The van der Waals surface area contributed by atoms with Crippen LogP contribution in [0.15, 0.2) is 54.1 Å². The number of alkyl halides is 3. The van der Waals surface area contributed by atoms with Crippen LogP contribution in [0, 0.1) is 17.8 Å². The Morgan fingerprint density at radius 1 is 1.07 bits per heavy atom. The number of rotatable bonds is 5. The average Bonchev–Trinajstić information content (AvgIpc) is 3.31. The number of carbonyl (C=O) groups excluding carboxylic acids is 4. The van der Waals surface area contributed by atoms with Gasteiger partial charge in [-0.05, 0) is 43.0 Å². The second kappa shape index (κ2) is 9.82. The molecule has 6 rings (SSSR count). The molecule has 218 valence electrons. The summed E-state index contributed by atoms with van der Waals surface area (Å²) < 4.78 is 5.21. The smallest absolute Gasteiger partial charge is 0.335 e. The van der Waals surface area contributed by atoms with E-state index in [0.29, 0.717) is 11.3 Å². The van der Waals surface area contributed by atoms with Crippen molar-refractivity contribution in [2.75, 3.05) is 17.5 Å². The lowest BCUT2D eigenvalue weighted by Crippen LogP contribution is -2.60. The van der Waals surface area contributed by atoms with Gasteiger partial charge in [-0.3, -0.25) is 29.0 Å². The van der Waals surface area contributed by atoms with E-state index in [0.717, 1.165) is 9.80 Å². The van der Waals surface area contributed by atoms with Gasteiger partial charge in [-0.2, -0.15) is 0 Å². The van der Waals surface area contributed by atoms with Gasteiger partial charge in [0, 0.05) is 17.5 Å². The molecule has 2 aliphatic carbocycles. The first-order valence-corrected chi connectivity index (χ1v) is 14.9. The van der Waals surface area contributed by atoms with Crippen LogP contribution in [0.2, 0.25) is 0 Å². The maximum atomic E-state index is 14.0. The Balaban J connectivity index is 1.51. The molecule has 0 unspecified atom stereocenters. The number of halogens is 3. The SMILES string of the molecule is COc1ccc([C@H]2C3=CC[C@@H]4C(=O)N(c5cccc(C(=O)O)c5)C(=O)[C@@H]4[C@@H]3C[C@@]3(Cl)C(=O)N(CBr)C(=O)[C@@]23Cl)c(O)c1. The number of phenolic OH excluding ortho intramolecular Hbond substituents is 1. The number of amides is 4. The van der Waals surface area contributed by atoms with E-state index in [1.807, 2.05) is 0 Å². The molecule has 0 spiro atoms. The molecule has 2 N–H and O–H groups in total. The van der Waals surface area contributed by atoms with Gasteiger partial charge in [0.25, 0.3) is 11.8 Å². The van der Waals surface area contributed by atoms with Crippen LogP contribution >= 0.6 is 39.1 Å². The number of carbonyl (C=O) groups is 5. The predicted octanol–water partition coefficient (Wildman–Crippen LogP) is 4.01. The normalized spacial score (nSPS) is 32.0. The van der Waals surface area contributed by atoms with Gasteiger partial charge < -0.3 is 14.9 Å². The Hall–Kier alpha value is -3.41. The number of allylic oxidation sites excluding steroid dienone is 2. The summed E-state index contributed by atoms with van der Waals surface area (Å²) in [6.07, 6.45) is 1.66. The number of carboxylic acids is 1. The standard InChI is InChI=1S/C29H23BrCl2N2O8/c1-42-15-5-6-17(20(35)10-15)22-16-7-8-18-21(19(16)11-28(31)26(40)33(12-30)27(41)29(22,28)32)24(37)34(23(18)36)14-4-2-3-13(9-14)25(38)39/h2-7,9-10,18-19,21-22,35H,8,11-12H2,1H3,(H,38,39)/t18-,19+,21-,22+,28+,29-/m0/s1. The third-order valence-corrected chi connectivity index (χ3v) is 10.8. The molecule has 2 aliphatic heterocycles. The first kappa shape index (κ1) is 28.7. The minimum atomic E-state index is -2.05. The number of hydrogen-bond acceptors (Lipinski definition) is 7. The molecule has 2 aromatic carbocycles. The van der Waals surface area contributed by atoms with Crippen molar-refractivity contribution < 1.29 is 38.9 Å². The quantitative estimate of drug-likeness (QED) is 0.209. The Kier molecular flexibility index (Phi) is 6.71. The number of nitrogens with zero attached hydrogens (tertiary/aromatic N) is 2. The lowest BCUT2D eigenvalue weighted by molar-refractivity contribution is -0.138. The van der Waals surface area contributed by atoms with Crippen LogP contribution in [0.1, 0.15) is 34.7 Å². The molecule has 4 aliphatic rings. The monoisotopic (exact) mass is 676 g/mol. The predicted molar refractivity (Wildman–Crippen MR) is 154 cm³/mol. The summed E-state index contributed by atoms with van der Waals surface area (Å²) in [6, 6.07) is 10.00. The summed E-state index contributed by atoms with van der Waals surface area (Å²) in [5.74, 6) is -7.40. The lowest BCUT2D eigenvalue weighted by atomic mass is 9.56. The highest BCUT2D eigenvalue weighted by atomic mass is 79.9. The van der Waals surface area contributed by atoms with Crippen LogP contribution in [-0.4, -0.2) is 67.0 Å². The van der Waals surface area contributed by atoms with E-state index in [9.17, 15) is 34.2 Å². The number of likely N-dealkylation sites (tertiary alicyclic amines) is 1. The number of phenols is 1. The van der Waals surface area contributed by atoms with Crippen LogP contribution in [0.5, 0.6) is 11.5 Å². The van der Waals surface area contributed by atoms with E-state index < -0.39 is 63.0 Å². The molecule has 1 saturated carbocycles. The van der Waals surface area contributed by atoms with E-state index >= 15 is 0 Å². The largest absolute Gasteiger partial charge is 0.508 e. The van der Waals surface area contributed by atoms with Crippen molar-refractivity contribution in [1.82, 2.24) is 4.90 Å². The van der Waals surface area contributed by atoms with Crippen molar-refractivity contribution >= 4 is 74.4 Å². The first-order valence-electron chi connectivity index (χ1n) is 13.0. The van der Waals surface area contributed by atoms with Crippen molar-refractivity contribution in [2.45, 2.75) is 28.5 Å². The molecule has 6 atom stereocenters. The maximum Gasteiger partial charge on any atom is 0.335 e.